The average molecular weight is 490 g/mol. The van der Waals surface area contributed by atoms with E-state index in [0.29, 0.717) is 11.4 Å². The van der Waals surface area contributed by atoms with E-state index in [1.807, 2.05) is 43.3 Å². The van der Waals surface area contributed by atoms with Crippen molar-refractivity contribution >= 4 is 60.8 Å². The minimum absolute atomic E-state index is 0.250. The second-order valence-electron chi connectivity index (χ2n) is 5.62. The van der Waals surface area contributed by atoms with E-state index in [4.69, 9.17) is 4.74 Å². The molecule has 25 heavy (non-hydrogen) atoms. The SMILES string of the molecule is CN(Cc1ccc(N(C)C)cc1)C(=O)COC(=O)c1cc(Br)c(Br)s1. The van der Waals surface area contributed by atoms with Crippen molar-refractivity contribution in [3.05, 3.63) is 49.0 Å². The van der Waals surface area contributed by atoms with Crippen LogP contribution < -0.4 is 4.90 Å². The van der Waals surface area contributed by atoms with Gasteiger partial charge in [-0.3, -0.25) is 4.79 Å². The lowest BCUT2D eigenvalue weighted by atomic mass is 10.2. The summed E-state index contributed by atoms with van der Waals surface area (Å²) in [5, 5.41) is 0. The van der Waals surface area contributed by atoms with Crippen molar-refractivity contribution < 1.29 is 14.3 Å². The van der Waals surface area contributed by atoms with Gasteiger partial charge in [-0.2, -0.15) is 0 Å². The lowest BCUT2D eigenvalue weighted by Crippen LogP contribution is -2.30. The third-order valence-electron chi connectivity index (χ3n) is 3.47. The summed E-state index contributed by atoms with van der Waals surface area (Å²) >= 11 is 7.90. The summed E-state index contributed by atoms with van der Waals surface area (Å²) in [7, 11) is 5.64. The van der Waals surface area contributed by atoms with Gasteiger partial charge in [0.1, 0.15) is 4.88 Å². The normalized spacial score (nSPS) is 10.4. The zero-order valence-corrected chi connectivity index (χ0v) is 18.1. The van der Waals surface area contributed by atoms with Crippen molar-refractivity contribution in [2.24, 2.45) is 0 Å². The Hall–Kier alpha value is -1.38. The van der Waals surface area contributed by atoms with Crippen LogP contribution in [-0.2, 0) is 16.1 Å². The van der Waals surface area contributed by atoms with E-state index in [2.05, 4.69) is 31.9 Å². The molecule has 0 spiro atoms. The molecule has 0 aliphatic carbocycles. The molecule has 134 valence electrons. The maximum atomic E-state index is 12.2. The van der Waals surface area contributed by atoms with E-state index in [-0.39, 0.29) is 12.5 Å². The number of nitrogens with zero attached hydrogens (tertiary/aromatic N) is 2. The number of amides is 1. The van der Waals surface area contributed by atoms with Gasteiger partial charge >= 0.3 is 5.97 Å². The van der Waals surface area contributed by atoms with Crippen LogP contribution in [0, 0.1) is 0 Å². The largest absolute Gasteiger partial charge is 0.451 e. The van der Waals surface area contributed by atoms with Crippen molar-refractivity contribution in [1.82, 2.24) is 4.90 Å². The first-order chi connectivity index (χ1) is 11.8. The van der Waals surface area contributed by atoms with E-state index in [9.17, 15) is 9.59 Å². The monoisotopic (exact) mass is 488 g/mol. The molecule has 1 amide bonds. The molecule has 0 radical (unpaired) electrons. The molecule has 0 aliphatic rings. The molecule has 0 atom stereocenters. The Morgan fingerprint density at radius 1 is 1.12 bits per heavy atom. The number of hydrogen-bond acceptors (Lipinski definition) is 5. The summed E-state index contributed by atoms with van der Waals surface area (Å²) in [5.74, 6) is -0.756. The fourth-order valence-corrected chi connectivity index (χ4v) is 3.95. The number of thiophene rings is 1. The van der Waals surface area contributed by atoms with E-state index >= 15 is 0 Å². The number of esters is 1. The molecule has 2 aromatic rings. The zero-order chi connectivity index (χ0) is 18.6. The lowest BCUT2D eigenvalue weighted by Gasteiger charge is -2.18. The maximum absolute atomic E-state index is 12.2. The average Bonchev–Trinajstić information content (AvgIpc) is 2.92. The molecule has 1 aromatic carbocycles. The highest BCUT2D eigenvalue weighted by molar-refractivity contribution is 9.13. The molecule has 0 saturated carbocycles. The number of rotatable bonds is 6. The third-order valence-corrected chi connectivity index (χ3v) is 6.71. The molecule has 8 heteroatoms. The molecule has 0 fully saturated rings. The van der Waals surface area contributed by atoms with Gasteiger partial charge in [0.2, 0.25) is 0 Å². The standard InChI is InChI=1S/C17H18Br2N2O3S/c1-20(2)12-6-4-11(5-7-12)9-21(3)15(22)10-24-17(23)14-8-13(18)16(19)25-14/h4-8H,9-10H2,1-3H3. The van der Waals surface area contributed by atoms with Crippen molar-refractivity contribution in [1.29, 1.82) is 0 Å². The fraction of sp³-hybridized carbons (Fsp3) is 0.294. The van der Waals surface area contributed by atoms with Gasteiger partial charge in [-0.25, -0.2) is 4.79 Å². The predicted molar refractivity (Wildman–Crippen MR) is 107 cm³/mol. The molecule has 5 nitrogen and oxygen atoms in total. The Balaban J connectivity index is 1.86. The summed E-state index contributed by atoms with van der Waals surface area (Å²) in [6, 6.07) is 9.62. The summed E-state index contributed by atoms with van der Waals surface area (Å²) in [6.45, 7) is 0.179. The number of benzene rings is 1. The minimum atomic E-state index is -0.506. The molecule has 1 aromatic heterocycles. The summed E-state index contributed by atoms with van der Waals surface area (Å²) < 4.78 is 6.70. The quantitative estimate of drug-likeness (QED) is 0.572. The van der Waals surface area contributed by atoms with Crippen LogP contribution in [-0.4, -0.2) is 44.5 Å². The Morgan fingerprint density at radius 2 is 1.76 bits per heavy atom. The van der Waals surface area contributed by atoms with E-state index < -0.39 is 5.97 Å². The number of carbonyl (C=O) groups excluding carboxylic acids is 2. The molecule has 0 bridgehead atoms. The number of halogens is 2. The van der Waals surface area contributed by atoms with Crippen LogP contribution in [0.1, 0.15) is 15.2 Å². The minimum Gasteiger partial charge on any atom is -0.451 e. The Kier molecular flexibility index (Phi) is 7.04. The van der Waals surface area contributed by atoms with Gasteiger partial charge in [-0.15, -0.1) is 11.3 Å². The van der Waals surface area contributed by atoms with Gasteiger partial charge in [0.25, 0.3) is 5.91 Å². The summed E-state index contributed by atoms with van der Waals surface area (Å²) in [5.41, 5.74) is 2.11. The van der Waals surface area contributed by atoms with Crippen LogP contribution in [0.25, 0.3) is 0 Å². The van der Waals surface area contributed by atoms with E-state index in [1.54, 1.807) is 13.1 Å². The first-order valence-corrected chi connectivity index (χ1v) is 9.80. The van der Waals surface area contributed by atoms with Crippen LogP contribution in [0.4, 0.5) is 5.69 Å². The highest BCUT2D eigenvalue weighted by Crippen LogP contribution is 2.32. The van der Waals surface area contributed by atoms with Crippen LogP contribution >= 0.6 is 43.2 Å². The highest BCUT2D eigenvalue weighted by Gasteiger charge is 2.17. The molecule has 2 rings (SSSR count). The van der Waals surface area contributed by atoms with Crippen molar-refractivity contribution in [3.8, 4) is 0 Å². The van der Waals surface area contributed by atoms with Crippen LogP contribution in [0.15, 0.2) is 38.6 Å². The molecular weight excluding hydrogens is 472 g/mol. The maximum Gasteiger partial charge on any atom is 0.348 e. The van der Waals surface area contributed by atoms with E-state index in [1.165, 1.54) is 16.2 Å². The number of hydrogen-bond donors (Lipinski definition) is 0. The zero-order valence-electron chi connectivity index (χ0n) is 14.1. The van der Waals surface area contributed by atoms with Crippen molar-refractivity contribution in [3.63, 3.8) is 0 Å². The lowest BCUT2D eigenvalue weighted by molar-refractivity contribution is -0.133. The molecular formula is C17H18Br2N2O3S. The second kappa shape index (κ2) is 8.82. The summed E-state index contributed by atoms with van der Waals surface area (Å²) in [4.78, 5) is 28.1. The Bertz CT molecular complexity index is 740. The first kappa shape index (κ1) is 19.9. The van der Waals surface area contributed by atoms with Gasteiger partial charge in [0.05, 0.1) is 3.79 Å². The van der Waals surface area contributed by atoms with Crippen LogP contribution in [0.5, 0.6) is 0 Å². The topological polar surface area (TPSA) is 49.9 Å². The second-order valence-corrected chi connectivity index (χ2v) is 8.84. The molecule has 0 saturated heterocycles. The first-order valence-electron chi connectivity index (χ1n) is 7.40. The van der Waals surface area contributed by atoms with Crippen LogP contribution in [0.3, 0.4) is 0 Å². The van der Waals surface area contributed by atoms with Gasteiger partial charge < -0.3 is 14.5 Å². The number of likely N-dealkylation sites (N-methyl/N-ethyl adjacent to an activating group) is 1. The van der Waals surface area contributed by atoms with E-state index in [0.717, 1.165) is 19.5 Å². The van der Waals surface area contributed by atoms with Gasteiger partial charge in [0, 0.05) is 37.8 Å². The predicted octanol–water partition coefficient (Wildman–Crippen LogP) is 4.15. The summed E-state index contributed by atoms with van der Waals surface area (Å²) in [6.07, 6.45) is 0. The molecule has 0 unspecified atom stereocenters. The number of carbonyl (C=O) groups is 2. The molecule has 1 heterocycles. The number of ether oxygens (including phenoxy) is 1. The van der Waals surface area contributed by atoms with Gasteiger partial charge in [-0.1, -0.05) is 12.1 Å². The molecule has 0 N–H and O–H groups in total. The van der Waals surface area contributed by atoms with Crippen LogP contribution in [0.2, 0.25) is 0 Å². The van der Waals surface area contributed by atoms with Crippen molar-refractivity contribution in [2.45, 2.75) is 6.54 Å². The molecule has 0 aliphatic heterocycles. The van der Waals surface area contributed by atoms with Crippen molar-refractivity contribution in [2.75, 3.05) is 32.6 Å². The third kappa shape index (κ3) is 5.55. The highest BCUT2D eigenvalue weighted by atomic mass is 79.9. The fourth-order valence-electron chi connectivity index (χ4n) is 2.02. The number of anilines is 1. The van der Waals surface area contributed by atoms with Gasteiger partial charge in [0.15, 0.2) is 6.61 Å². The van der Waals surface area contributed by atoms with Gasteiger partial charge in [-0.05, 0) is 55.6 Å². The Morgan fingerprint density at radius 3 is 2.28 bits per heavy atom. The Labute approximate surface area is 167 Å². The smallest absolute Gasteiger partial charge is 0.348 e.